The van der Waals surface area contributed by atoms with Crippen LogP contribution in [-0.4, -0.2) is 26.6 Å². The Morgan fingerprint density at radius 1 is 1.22 bits per heavy atom. The van der Waals surface area contributed by atoms with Crippen LogP contribution in [0.4, 0.5) is 0 Å². The summed E-state index contributed by atoms with van der Waals surface area (Å²) in [5.41, 5.74) is 4.36. The van der Waals surface area contributed by atoms with Gasteiger partial charge in [0.1, 0.15) is 0 Å². The van der Waals surface area contributed by atoms with E-state index in [1.165, 1.54) is 12.1 Å². The third kappa shape index (κ3) is 5.44. The molecule has 2 N–H and O–H groups in total. The van der Waals surface area contributed by atoms with Crippen LogP contribution in [-0.2, 0) is 14.8 Å². The molecule has 0 bridgehead atoms. The summed E-state index contributed by atoms with van der Waals surface area (Å²) in [5.74, 6) is 0.234. The average molecular weight is 337 g/mol. The molecule has 126 valence electrons. The SMILES string of the molecule is Cc1ccc(S(=O)(=O)NCC(=O)NN=C2CCC(C)CC2)cc1. The van der Waals surface area contributed by atoms with Gasteiger partial charge in [0.25, 0.3) is 5.91 Å². The molecule has 0 saturated heterocycles. The molecule has 0 heterocycles. The quantitative estimate of drug-likeness (QED) is 0.805. The van der Waals surface area contributed by atoms with Crippen LogP contribution in [0.2, 0.25) is 0 Å². The van der Waals surface area contributed by atoms with E-state index in [1.54, 1.807) is 12.1 Å². The second-order valence-electron chi connectivity index (χ2n) is 6.03. The molecule has 2 rings (SSSR count). The maximum Gasteiger partial charge on any atom is 0.255 e. The number of carbonyl (C=O) groups is 1. The summed E-state index contributed by atoms with van der Waals surface area (Å²) in [4.78, 5) is 11.9. The number of aryl methyl sites for hydroxylation is 1. The number of nitrogens with zero attached hydrogens (tertiary/aromatic N) is 1. The normalized spacial score (nSPS) is 18.5. The predicted molar refractivity (Wildman–Crippen MR) is 89.6 cm³/mol. The third-order valence-corrected chi connectivity index (χ3v) is 5.36. The Morgan fingerprint density at radius 3 is 2.43 bits per heavy atom. The Balaban J connectivity index is 1.84. The van der Waals surface area contributed by atoms with Gasteiger partial charge in [0.05, 0.1) is 11.4 Å². The number of sulfonamides is 1. The number of nitrogens with one attached hydrogen (secondary N) is 2. The molecule has 0 radical (unpaired) electrons. The molecule has 1 aromatic rings. The van der Waals surface area contributed by atoms with Crippen LogP contribution in [0.3, 0.4) is 0 Å². The number of hydrazone groups is 1. The van der Waals surface area contributed by atoms with E-state index in [4.69, 9.17) is 0 Å². The lowest BCUT2D eigenvalue weighted by Gasteiger charge is -2.18. The first kappa shape index (κ1) is 17.6. The summed E-state index contributed by atoms with van der Waals surface area (Å²) < 4.78 is 26.4. The van der Waals surface area contributed by atoms with E-state index >= 15 is 0 Å². The van der Waals surface area contributed by atoms with E-state index in [1.807, 2.05) is 6.92 Å². The van der Waals surface area contributed by atoms with E-state index in [-0.39, 0.29) is 11.4 Å². The molecule has 0 spiro atoms. The van der Waals surface area contributed by atoms with Crippen LogP contribution < -0.4 is 10.1 Å². The van der Waals surface area contributed by atoms with Gasteiger partial charge in [-0.2, -0.15) is 5.10 Å². The average Bonchev–Trinajstić information content (AvgIpc) is 2.53. The highest BCUT2D eigenvalue weighted by Gasteiger charge is 2.16. The first-order valence-electron chi connectivity index (χ1n) is 7.77. The summed E-state index contributed by atoms with van der Waals surface area (Å²) in [6.07, 6.45) is 3.93. The molecule has 23 heavy (non-hydrogen) atoms. The Hall–Kier alpha value is -1.73. The zero-order valence-electron chi connectivity index (χ0n) is 13.5. The largest absolute Gasteiger partial charge is 0.272 e. The lowest BCUT2D eigenvalue weighted by atomic mass is 9.90. The highest BCUT2D eigenvalue weighted by Crippen LogP contribution is 2.20. The van der Waals surface area contributed by atoms with Crippen LogP contribution in [0.5, 0.6) is 0 Å². The van der Waals surface area contributed by atoms with Gasteiger partial charge in [-0.15, -0.1) is 0 Å². The molecular weight excluding hydrogens is 314 g/mol. The molecule has 0 aliphatic heterocycles. The Morgan fingerprint density at radius 2 is 1.83 bits per heavy atom. The molecule has 7 heteroatoms. The summed E-state index contributed by atoms with van der Waals surface area (Å²) in [6, 6.07) is 6.45. The number of benzene rings is 1. The van der Waals surface area contributed by atoms with Gasteiger partial charge in [-0.3, -0.25) is 4.79 Å². The third-order valence-electron chi connectivity index (χ3n) is 3.94. The van der Waals surface area contributed by atoms with Gasteiger partial charge in [0.2, 0.25) is 10.0 Å². The fourth-order valence-corrected chi connectivity index (χ4v) is 3.33. The molecule has 1 aliphatic carbocycles. The Labute approximate surface area is 137 Å². The van der Waals surface area contributed by atoms with Crippen molar-refractivity contribution in [2.45, 2.75) is 44.4 Å². The standard InChI is InChI=1S/C16H23N3O3S/c1-12-3-7-14(8-4-12)18-19-16(20)11-17-23(21,22)15-9-5-13(2)6-10-15/h5-6,9-10,12,17H,3-4,7-8,11H2,1-2H3,(H,19,20). The minimum atomic E-state index is -3.68. The van der Waals surface area contributed by atoms with Crippen LogP contribution in [0, 0.1) is 12.8 Å². The fraction of sp³-hybridized carbons (Fsp3) is 0.500. The van der Waals surface area contributed by atoms with Crippen molar-refractivity contribution in [2.24, 2.45) is 11.0 Å². The van der Waals surface area contributed by atoms with Crippen LogP contribution in [0.25, 0.3) is 0 Å². The highest BCUT2D eigenvalue weighted by molar-refractivity contribution is 7.89. The van der Waals surface area contributed by atoms with Gasteiger partial charge < -0.3 is 0 Å². The number of rotatable bonds is 5. The van der Waals surface area contributed by atoms with E-state index in [0.29, 0.717) is 5.92 Å². The molecule has 1 aromatic carbocycles. The predicted octanol–water partition coefficient (Wildman–Crippen LogP) is 1.96. The maximum absolute atomic E-state index is 12.1. The number of hydrogen-bond donors (Lipinski definition) is 2. The fourth-order valence-electron chi connectivity index (χ4n) is 2.35. The summed E-state index contributed by atoms with van der Waals surface area (Å²) in [7, 11) is -3.68. The monoisotopic (exact) mass is 337 g/mol. The lowest BCUT2D eigenvalue weighted by molar-refractivity contribution is -0.119. The molecule has 0 unspecified atom stereocenters. The zero-order valence-corrected chi connectivity index (χ0v) is 14.3. The van der Waals surface area contributed by atoms with E-state index in [0.717, 1.165) is 37.0 Å². The van der Waals surface area contributed by atoms with Crippen LogP contribution in [0.15, 0.2) is 34.3 Å². The van der Waals surface area contributed by atoms with Crippen LogP contribution >= 0.6 is 0 Å². The first-order chi connectivity index (χ1) is 10.9. The number of amides is 1. The lowest BCUT2D eigenvalue weighted by Crippen LogP contribution is -2.35. The van der Waals surface area contributed by atoms with Crippen molar-refractivity contribution in [1.82, 2.24) is 10.1 Å². The highest BCUT2D eigenvalue weighted by atomic mass is 32.2. The van der Waals surface area contributed by atoms with Gasteiger partial charge >= 0.3 is 0 Å². The molecule has 1 aliphatic rings. The van der Waals surface area contributed by atoms with E-state index in [9.17, 15) is 13.2 Å². The molecule has 1 saturated carbocycles. The molecule has 1 fully saturated rings. The van der Waals surface area contributed by atoms with Gasteiger partial charge in [-0.1, -0.05) is 24.6 Å². The minimum absolute atomic E-state index is 0.142. The molecular formula is C16H23N3O3S. The number of hydrogen-bond acceptors (Lipinski definition) is 4. The summed E-state index contributed by atoms with van der Waals surface area (Å²) in [5, 5.41) is 4.08. The Kier molecular flexibility index (Phi) is 5.90. The topological polar surface area (TPSA) is 87.6 Å². The zero-order chi connectivity index (χ0) is 16.9. The van der Waals surface area contributed by atoms with Crippen molar-refractivity contribution < 1.29 is 13.2 Å². The summed E-state index contributed by atoms with van der Waals surface area (Å²) in [6.45, 7) is 3.75. The van der Waals surface area contributed by atoms with E-state index < -0.39 is 15.9 Å². The van der Waals surface area contributed by atoms with Crippen molar-refractivity contribution in [3.05, 3.63) is 29.8 Å². The van der Waals surface area contributed by atoms with Crippen molar-refractivity contribution in [3.8, 4) is 0 Å². The van der Waals surface area contributed by atoms with E-state index in [2.05, 4.69) is 22.2 Å². The van der Waals surface area contributed by atoms with Crippen molar-refractivity contribution in [2.75, 3.05) is 6.54 Å². The first-order valence-corrected chi connectivity index (χ1v) is 9.26. The molecule has 6 nitrogen and oxygen atoms in total. The summed E-state index contributed by atoms with van der Waals surface area (Å²) >= 11 is 0. The Bertz CT molecular complexity index is 671. The molecule has 0 aromatic heterocycles. The smallest absolute Gasteiger partial charge is 0.255 e. The van der Waals surface area contributed by atoms with Gasteiger partial charge in [-0.25, -0.2) is 18.6 Å². The van der Waals surface area contributed by atoms with Gasteiger partial charge in [0, 0.05) is 5.71 Å². The molecule has 1 amide bonds. The number of carbonyl (C=O) groups excluding carboxylic acids is 1. The van der Waals surface area contributed by atoms with Gasteiger partial charge in [-0.05, 0) is 50.7 Å². The van der Waals surface area contributed by atoms with Crippen molar-refractivity contribution in [1.29, 1.82) is 0 Å². The second-order valence-corrected chi connectivity index (χ2v) is 7.80. The van der Waals surface area contributed by atoms with Gasteiger partial charge in [0.15, 0.2) is 0 Å². The maximum atomic E-state index is 12.1. The second kappa shape index (κ2) is 7.70. The minimum Gasteiger partial charge on any atom is -0.272 e. The van der Waals surface area contributed by atoms with Crippen molar-refractivity contribution >= 4 is 21.6 Å². The van der Waals surface area contributed by atoms with Crippen molar-refractivity contribution in [3.63, 3.8) is 0 Å². The van der Waals surface area contributed by atoms with Crippen LogP contribution in [0.1, 0.15) is 38.2 Å². The molecule has 0 atom stereocenters.